The molecule has 3 nitrogen and oxygen atoms in total. The van der Waals surface area contributed by atoms with E-state index in [1.165, 1.54) is 12.8 Å². The lowest BCUT2D eigenvalue weighted by atomic mass is 10.1. The van der Waals surface area contributed by atoms with Gasteiger partial charge in [-0.05, 0) is 37.5 Å². The molecule has 100 valence electrons. The maximum atomic E-state index is 11.9. The summed E-state index contributed by atoms with van der Waals surface area (Å²) in [6.07, 6.45) is 4.69. The van der Waals surface area contributed by atoms with Gasteiger partial charge < -0.3 is 11.1 Å². The number of amides is 1. The first-order valence-corrected chi connectivity index (χ1v) is 6.33. The number of nitrogens with one attached hydrogen (secondary N) is 1. The third-order valence-corrected chi connectivity index (χ3v) is 3.39. The van der Waals surface area contributed by atoms with Crippen LogP contribution in [0.4, 0.5) is 0 Å². The summed E-state index contributed by atoms with van der Waals surface area (Å²) in [7, 11) is 0. The van der Waals surface area contributed by atoms with Crippen molar-refractivity contribution in [2.24, 2.45) is 5.73 Å². The van der Waals surface area contributed by atoms with E-state index in [1.54, 1.807) is 0 Å². The number of rotatable bonds is 3. The summed E-state index contributed by atoms with van der Waals surface area (Å²) in [5, 5.41) is 3.07. The van der Waals surface area contributed by atoms with Crippen LogP contribution < -0.4 is 11.1 Å². The number of carbonyl (C=O) groups is 1. The summed E-state index contributed by atoms with van der Waals surface area (Å²) in [5.41, 5.74) is 7.55. The van der Waals surface area contributed by atoms with Crippen LogP contribution in [-0.4, -0.2) is 11.9 Å². The van der Waals surface area contributed by atoms with Crippen molar-refractivity contribution in [2.75, 3.05) is 0 Å². The van der Waals surface area contributed by atoms with E-state index in [1.807, 2.05) is 31.2 Å². The van der Waals surface area contributed by atoms with Crippen molar-refractivity contribution in [3.8, 4) is 0 Å². The Balaban J connectivity index is 0.00000162. The zero-order valence-corrected chi connectivity index (χ0v) is 11.5. The van der Waals surface area contributed by atoms with Gasteiger partial charge in [-0.25, -0.2) is 0 Å². The lowest BCUT2D eigenvalue weighted by Crippen LogP contribution is -2.32. The molecule has 0 aliphatic heterocycles. The molecule has 1 saturated carbocycles. The number of nitrogens with two attached hydrogens (primary N) is 1. The van der Waals surface area contributed by atoms with Gasteiger partial charge in [0.15, 0.2) is 0 Å². The molecular formula is C14H21ClN2O. The molecule has 0 aromatic heterocycles. The molecule has 0 saturated heterocycles. The van der Waals surface area contributed by atoms with E-state index < -0.39 is 0 Å². The van der Waals surface area contributed by atoms with Crippen LogP contribution in [0.15, 0.2) is 24.3 Å². The molecule has 1 unspecified atom stereocenters. The SMILES string of the molecule is CC(N)c1ccc(C(=O)NC2CCCC2)cc1.Cl. The summed E-state index contributed by atoms with van der Waals surface area (Å²) in [4.78, 5) is 11.9. The van der Waals surface area contributed by atoms with Gasteiger partial charge in [-0.2, -0.15) is 0 Å². The highest BCUT2D eigenvalue weighted by Crippen LogP contribution is 2.18. The minimum Gasteiger partial charge on any atom is -0.349 e. The van der Waals surface area contributed by atoms with Gasteiger partial charge in [0, 0.05) is 17.6 Å². The Kier molecular flexibility index (Phi) is 5.63. The summed E-state index contributed by atoms with van der Waals surface area (Å²) in [6.45, 7) is 1.94. The second-order valence-electron chi connectivity index (χ2n) is 4.87. The van der Waals surface area contributed by atoms with Crippen molar-refractivity contribution in [3.05, 3.63) is 35.4 Å². The third kappa shape index (κ3) is 3.72. The van der Waals surface area contributed by atoms with Gasteiger partial charge in [0.25, 0.3) is 5.91 Å². The van der Waals surface area contributed by atoms with Gasteiger partial charge in [0.05, 0.1) is 0 Å². The number of carbonyl (C=O) groups excluding carboxylic acids is 1. The molecule has 3 N–H and O–H groups in total. The molecule has 0 spiro atoms. The zero-order valence-electron chi connectivity index (χ0n) is 10.7. The van der Waals surface area contributed by atoms with Crippen LogP contribution in [-0.2, 0) is 0 Å². The van der Waals surface area contributed by atoms with Crippen molar-refractivity contribution >= 4 is 18.3 Å². The largest absolute Gasteiger partial charge is 0.349 e. The molecule has 18 heavy (non-hydrogen) atoms. The van der Waals surface area contributed by atoms with Crippen LogP contribution in [0, 0.1) is 0 Å². The first-order chi connectivity index (χ1) is 8.16. The Morgan fingerprint density at radius 2 is 1.83 bits per heavy atom. The molecule has 1 aromatic carbocycles. The Hall–Kier alpha value is -1.06. The highest BCUT2D eigenvalue weighted by Gasteiger charge is 2.17. The zero-order chi connectivity index (χ0) is 12.3. The fourth-order valence-electron chi connectivity index (χ4n) is 2.28. The van der Waals surface area contributed by atoms with Crippen molar-refractivity contribution in [2.45, 2.75) is 44.7 Å². The van der Waals surface area contributed by atoms with Crippen molar-refractivity contribution in [1.82, 2.24) is 5.32 Å². The Bertz CT molecular complexity index is 383. The lowest BCUT2D eigenvalue weighted by molar-refractivity contribution is 0.0938. The number of halogens is 1. The fourth-order valence-corrected chi connectivity index (χ4v) is 2.28. The van der Waals surface area contributed by atoms with E-state index >= 15 is 0 Å². The maximum Gasteiger partial charge on any atom is 0.251 e. The quantitative estimate of drug-likeness (QED) is 0.886. The Morgan fingerprint density at radius 1 is 1.28 bits per heavy atom. The second kappa shape index (κ2) is 6.76. The van der Waals surface area contributed by atoms with Gasteiger partial charge in [-0.3, -0.25) is 4.79 Å². The molecular weight excluding hydrogens is 248 g/mol. The van der Waals surface area contributed by atoms with E-state index in [0.29, 0.717) is 6.04 Å². The summed E-state index contributed by atoms with van der Waals surface area (Å²) >= 11 is 0. The monoisotopic (exact) mass is 268 g/mol. The minimum atomic E-state index is 0. The highest BCUT2D eigenvalue weighted by molar-refractivity contribution is 5.94. The predicted molar refractivity (Wildman–Crippen MR) is 76.0 cm³/mol. The minimum absolute atomic E-state index is 0. The predicted octanol–water partition coefficient (Wildman–Crippen LogP) is 2.80. The molecule has 1 fully saturated rings. The molecule has 1 atom stereocenters. The van der Waals surface area contributed by atoms with Crippen LogP contribution in [0.1, 0.15) is 54.6 Å². The molecule has 1 aliphatic rings. The number of hydrogen-bond acceptors (Lipinski definition) is 2. The van der Waals surface area contributed by atoms with Gasteiger partial charge in [-0.15, -0.1) is 12.4 Å². The first-order valence-electron chi connectivity index (χ1n) is 6.33. The molecule has 1 amide bonds. The van der Waals surface area contributed by atoms with Crippen LogP contribution in [0.3, 0.4) is 0 Å². The van der Waals surface area contributed by atoms with Crippen LogP contribution in [0.5, 0.6) is 0 Å². The smallest absolute Gasteiger partial charge is 0.251 e. The molecule has 1 aliphatic carbocycles. The first kappa shape index (κ1) is 15.0. The molecule has 4 heteroatoms. The third-order valence-electron chi connectivity index (χ3n) is 3.39. The summed E-state index contributed by atoms with van der Waals surface area (Å²) < 4.78 is 0. The highest BCUT2D eigenvalue weighted by atomic mass is 35.5. The van der Waals surface area contributed by atoms with Crippen molar-refractivity contribution in [3.63, 3.8) is 0 Å². The van der Waals surface area contributed by atoms with Gasteiger partial charge in [0.2, 0.25) is 0 Å². The molecule has 0 radical (unpaired) electrons. The molecule has 2 rings (SSSR count). The molecule has 0 heterocycles. The molecule has 1 aromatic rings. The fraction of sp³-hybridized carbons (Fsp3) is 0.500. The van der Waals surface area contributed by atoms with E-state index in [4.69, 9.17) is 5.73 Å². The van der Waals surface area contributed by atoms with E-state index in [2.05, 4.69) is 5.32 Å². The summed E-state index contributed by atoms with van der Waals surface area (Å²) in [6, 6.07) is 7.94. The normalized spacial score (nSPS) is 17.0. The average molecular weight is 269 g/mol. The van der Waals surface area contributed by atoms with Crippen LogP contribution >= 0.6 is 12.4 Å². The standard InChI is InChI=1S/C14H20N2O.ClH/c1-10(15)11-6-8-12(9-7-11)14(17)16-13-4-2-3-5-13;/h6-10,13H,2-5,15H2,1H3,(H,16,17);1H. The van der Waals surface area contributed by atoms with Crippen LogP contribution in [0.25, 0.3) is 0 Å². The van der Waals surface area contributed by atoms with Crippen LogP contribution in [0.2, 0.25) is 0 Å². The van der Waals surface area contributed by atoms with Gasteiger partial charge in [-0.1, -0.05) is 25.0 Å². The Labute approximate surface area is 115 Å². The van der Waals surface area contributed by atoms with E-state index in [-0.39, 0.29) is 24.4 Å². The van der Waals surface area contributed by atoms with Gasteiger partial charge in [0.1, 0.15) is 0 Å². The van der Waals surface area contributed by atoms with Gasteiger partial charge >= 0.3 is 0 Å². The number of benzene rings is 1. The van der Waals surface area contributed by atoms with Crippen molar-refractivity contribution in [1.29, 1.82) is 0 Å². The van der Waals surface area contributed by atoms with Crippen molar-refractivity contribution < 1.29 is 4.79 Å². The summed E-state index contributed by atoms with van der Waals surface area (Å²) in [5.74, 6) is 0.0353. The molecule has 0 bridgehead atoms. The topological polar surface area (TPSA) is 55.1 Å². The second-order valence-corrected chi connectivity index (χ2v) is 4.87. The Morgan fingerprint density at radius 3 is 2.33 bits per heavy atom. The van der Waals surface area contributed by atoms with E-state index in [0.717, 1.165) is 24.0 Å². The lowest BCUT2D eigenvalue weighted by Gasteiger charge is -2.12. The average Bonchev–Trinajstić information content (AvgIpc) is 2.82. The maximum absolute atomic E-state index is 11.9. The van der Waals surface area contributed by atoms with E-state index in [9.17, 15) is 4.79 Å². The number of hydrogen-bond donors (Lipinski definition) is 2.